The second-order valence-electron chi connectivity index (χ2n) is 0.963. The molecule has 8 heavy (non-hydrogen) atoms. The van der Waals surface area contributed by atoms with Crippen molar-refractivity contribution in [3.05, 3.63) is 0 Å². The minimum absolute atomic E-state index is 0.822. The third-order valence-corrected chi connectivity index (χ3v) is 0.368. The van der Waals surface area contributed by atoms with Gasteiger partial charge in [0.25, 0.3) is 0 Å². The van der Waals surface area contributed by atoms with Crippen molar-refractivity contribution in [3.8, 4) is 12.3 Å². The van der Waals surface area contributed by atoms with Crippen molar-refractivity contribution in [2.45, 2.75) is 0 Å². The van der Waals surface area contributed by atoms with Gasteiger partial charge in [-0.25, -0.2) is 4.79 Å². The third-order valence-electron chi connectivity index (χ3n) is 0.368. The lowest BCUT2D eigenvalue weighted by Gasteiger charge is -1.87. The van der Waals surface area contributed by atoms with Crippen LogP contribution in [-0.2, 0) is 4.79 Å². The predicted molar refractivity (Wildman–Crippen MR) is 26.6 cm³/mol. The Bertz CT molecular complexity index is 156. The van der Waals surface area contributed by atoms with Crippen LogP contribution in [0.15, 0.2) is 0 Å². The summed E-state index contributed by atoms with van der Waals surface area (Å²) >= 11 is 0. The molecule has 0 aromatic rings. The number of hydrogen-bond donors (Lipinski definition) is 2. The Kier molecular flexibility index (Phi) is 2.14. The van der Waals surface area contributed by atoms with E-state index in [9.17, 15) is 9.59 Å². The summed E-state index contributed by atoms with van der Waals surface area (Å²) in [4.78, 5) is 19.7. The highest BCUT2D eigenvalue weighted by Crippen LogP contribution is 1.56. The van der Waals surface area contributed by atoms with Gasteiger partial charge in [0, 0.05) is 0 Å². The van der Waals surface area contributed by atoms with Crippen LogP contribution < -0.4 is 11.1 Å². The lowest BCUT2D eigenvalue weighted by molar-refractivity contribution is -0.114. The van der Waals surface area contributed by atoms with Crippen molar-refractivity contribution in [1.82, 2.24) is 5.32 Å². The number of primary amides is 1. The van der Waals surface area contributed by atoms with Gasteiger partial charge in [0.2, 0.25) is 0 Å². The molecule has 0 aliphatic rings. The number of nitrogens with one attached hydrogen (secondary N) is 1. The van der Waals surface area contributed by atoms with Gasteiger partial charge in [-0.1, -0.05) is 0 Å². The second-order valence-corrected chi connectivity index (χ2v) is 0.963. The minimum atomic E-state index is -0.937. The molecule has 0 aliphatic carbocycles. The molecule has 0 bridgehead atoms. The second kappa shape index (κ2) is 2.64. The van der Waals surface area contributed by atoms with Crippen LogP contribution >= 0.6 is 0 Å². The minimum Gasteiger partial charge on any atom is -0.351 e. The van der Waals surface area contributed by atoms with E-state index in [0.29, 0.717) is 0 Å². The van der Waals surface area contributed by atoms with E-state index < -0.39 is 11.9 Å². The third kappa shape index (κ3) is 2.72. The molecule has 0 rings (SSSR count). The maximum atomic E-state index is 9.97. The molecule has 0 saturated carbocycles. The molecule has 0 saturated heterocycles. The van der Waals surface area contributed by atoms with Crippen molar-refractivity contribution in [2.75, 3.05) is 0 Å². The Labute approximate surface area is 46.0 Å². The number of amides is 3. The van der Waals surface area contributed by atoms with E-state index in [4.69, 9.17) is 0 Å². The molecular formula is C4H4N2O2. The van der Waals surface area contributed by atoms with Crippen LogP contribution in [0, 0.1) is 12.3 Å². The summed E-state index contributed by atoms with van der Waals surface area (Å²) < 4.78 is 0. The number of carbonyl (C=O) groups excluding carboxylic acids is 2. The molecule has 0 atom stereocenters. The summed E-state index contributed by atoms with van der Waals surface area (Å²) in [6.45, 7) is 0. The van der Waals surface area contributed by atoms with Gasteiger partial charge in [0.15, 0.2) is 0 Å². The van der Waals surface area contributed by atoms with E-state index >= 15 is 0 Å². The van der Waals surface area contributed by atoms with Gasteiger partial charge < -0.3 is 5.73 Å². The Morgan fingerprint density at radius 3 is 2.25 bits per heavy atom. The van der Waals surface area contributed by atoms with Crippen LogP contribution in [0.25, 0.3) is 0 Å². The molecule has 0 unspecified atom stereocenters. The van der Waals surface area contributed by atoms with E-state index in [1.165, 1.54) is 0 Å². The normalized spacial score (nSPS) is 6.88. The summed E-state index contributed by atoms with van der Waals surface area (Å²) in [5.41, 5.74) is 4.50. The van der Waals surface area contributed by atoms with Crippen molar-refractivity contribution in [3.63, 3.8) is 0 Å². The van der Waals surface area contributed by atoms with E-state index in [-0.39, 0.29) is 0 Å². The van der Waals surface area contributed by atoms with Crippen molar-refractivity contribution in [2.24, 2.45) is 5.73 Å². The predicted octanol–water partition coefficient (Wildman–Crippen LogP) is -1.19. The van der Waals surface area contributed by atoms with E-state index in [2.05, 4.69) is 12.2 Å². The molecule has 0 aliphatic heterocycles. The maximum Gasteiger partial charge on any atom is 0.319 e. The first-order valence-electron chi connectivity index (χ1n) is 1.74. The molecule has 4 heteroatoms. The van der Waals surface area contributed by atoms with Crippen LogP contribution in [0.5, 0.6) is 0 Å². The summed E-state index contributed by atoms with van der Waals surface area (Å²) in [7, 11) is 0. The average molecular weight is 112 g/mol. The fraction of sp³-hybridized carbons (Fsp3) is 0. The summed E-state index contributed by atoms with van der Waals surface area (Å²) in [5.74, 6) is 0.824. The number of imide groups is 1. The maximum absolute atomic E-state index is 9.97. The quantitative estimate of drug-likeness (QED) is 0.387. The zero-order valence-corrected chi connectivity index (χ0v) is 3.97. The molecule has 3 N–H and O–H groups in total. The van der Waals surface area contributed by atoms with Gasteiger partial charge in [-0.2, -0.15) is 0 Å². The van der Waals surface area contributed by atoms with Gasteiger partial charge >= 0.3 is 11.9 Å². The molecule has 0 fully saturated rings. The van der Waals surface area contributed by atoms with Gasteiger partial charge in [0.1, 0.15) is 0 Å². The first kappa shape index (κ1) is 6.50. The van der Waals surface area contributed by atoms with E-state index in [0.717, 1.165) is 0 Å². The molecule has 0 heterocycles. The largest absolute Gasteiger partial charge is 0.351 e. The SMILES string of the molecule is C#CC(=O)NC(N)=O. The Hall–Kier alpha value is -1.50. The molecule has 0 radical (unpaired) electrons. The highest BCUT2D eigenvalue weighted by Gasteiger charge is 1.95. The number of urea groups is 1. The first-order valence-corrected chi connectivity index (χ1v) is 1.74. The van der Waals surface area contributed by atoms with E-state index in [1.54, 1.807) is 11.2 Å². The molecular weight excluding hydrogens is 108 g/mol. The van der Waals surface area contributed by atoms with Crippen molar-refractivity contribution in [1.29, 1.82) is 0 Å². The lowest BCUT2D eigenvalue weighted by atomic mass is 10.6. The highest BCUT2D eigenvalue weighted by atomic mass is 16.2. The van der Waals surface area contributed by atoms with Crippen LogP contribution in [0.2, 0.25) is 0 Å². The first-order chi connectivity index (χ1) is 3.66. The van der Waals surface area contributed by atoms with Gasteiger partial charge in [-0.3, -0.25) is 10.1 Å². The molecule has 0 spiro atoms. The summed E-state index contributed by atoms with van der Waals surface area (Å²) in [5, 5.41) is 1.66. The Morgan fingerprint density at radius 1 is 1.62 bits per heavy atom. The number of carbonyl (C=O) groups is 2. The van der Waals surface area contributed by atoms with Crippen LogP contribution in [0.1, 0.15) is 0 Å². The van der Waals surface area contributed by atoms with Gasteiger partial charge in [0.05, 0.1) is 0 Å². The molecule has 3 amide bonds. The number of hydrogen-bond acceptors (Lipinski definition) is 2. The average Bonchev–Trinajstić information content (AvgIpc) is 1.65. The van der Waals surface area contributed by atoms with Gasteiger partial charge in [-0.15, -0.1) is 6.42 Å². The number of rotatable bonds is 0. The monoisotopic (exact) mass is 112 g/mol. The number of terminal acetylenes is 1. The van der Waals surface area contributed by atoms with E-state index in [1.807, 2.05) is 0 Å². The lowest BCUT2D eigenvalue weighted by Crippen LogP contribution is -2.33. The van der Waals surface area contributed by atoms with Crippen LogP contribution in [0.3, 0.4) is 0 Å². The molecule has 0 aromatic heterocycles. The van der Waals surface area contributed by atoms with Crippen molar-refractivity contribution < 1.29 is 9.59 Å². The number of nitrogens with two attached hydrogens (primary N) is 1. The Balaban J connectivity index is 3.61. The standard InChI is InChI=1S/C4H4N2O2/c1-2-3(7)6-4(5)8/h1H,(H3,5,6,7,8). The van der Waals surface area contributed by atoms with Crippen LogP contribution in [0.4, 0.5) is 4.79 Å². The topological polar surface area (TPSA) is 72.2 Å². The summed E-state index contributed by atoms with van der Waals surface area (Å²) in [6, 6.07) is -0.937. The zero-order valence-electron chi connectivity index (χ0n) is 3.97. The highest BCUT2D eigenvalue weighted by molar-refractivity contribution is 6.03. The molecule has 42 valence electrons. The summed E-state index contributed by atoms with van der Waals surface area (Å²) in [6.07, 6.45) is 4.55. The van der Waals surface area contributed by atoms with Crippen molar-refractivity contribution >= 4 is 11.9 Å². The Morgan fingerprint density at radius 2 is 2.12 bits per heavy atom. The fourth-order valence-corrected chi connectivity index (χ4v) is 0.148. The zero-order chi connectivity index (χ0) is 6.57. The molecule has 0 aromatic carbocycles. The fourth-order valence-electron chi connectivity index (χ4n) is 0.148. The molecule has 4 nitrogen and oxygen atoms in total. The van der Waals surface area contributed by atoms with Crippen LogP contribution in [-0.4, -0.2) is 11.9 Å². The van der Waals surface area contributed by atoms with Gasteiger partial charge in [-0.05, 0) is 5.92 Å². The smallest absolute Gasteiger partial charge is 0.319 e.